The number of likely N-dealkylation sites (tertiary alicyclic amines) is 1. The van der Waals surface area contributed by atoms with Crippen LogP contribution in [0.25, 0.3) is 0 Å². The molecule has 3 rings (SSSR count). The topological polar surface area (TPSA) is 55.6 Å². The lowest BCUT2D eigenvalue weighted by molar-refractivity contribution is 0.0998. The van der Waals surface area contributed by atoms with E-state index in [9.17, 15) is 4.79 Å². The van der Waals surface area contributed by atoms with Gasteiger partial charge in [-0.1, -0.05) is 30.3 Å². The summed E-state index contributed by atoms with van der Waals surface area (Å²) in [6.45, 7) is 1.73. The van der Waals surface area contributed by atoms with E-state index >= 15 is 0 Å². The summed E-state index contributed by atoms with van der Waals surface area (Å²) in [5, 5.41) is 0. The van der Waals surface area contributed by atoms with Gasteiger partial charge in [-0.2, -0.15) is 0 Å². The maximum atomic E-state index is 11.8. The number of benzene rings is 1. The van der Waals surface area contributed by atoms with Crippen LogP contribution in [-0.2, 0) is 11.3 Å². The molecule has 4 nitrogen and oxygen atoms in total. The van der Waals surface area contributed by atoms with Gasteiger partial charge >= 0.3 is 6.09 Å². The fraction of sp³-hybridized carbons (Fsp3) is 0.462. The molecule has 0 spiro atoms. The van der Waals surface area contributed by atoms with Crippen LogP contribution in [0, 0.1) is 5.92 Å². The zero-order valence-electron chi connectivity index (χ0n) is 9.63. The van der Waals surface area contributed by atoms with Crippen LogP contribution in [0.3, 0.4) is 0 Å². The third kappa shape index (κ3) is 2.00. The van der Waals surface area contributed by atoms with E-state index in [1.807, 2.05) is 30.3 Å². The second-order valence-electron chi connectivity index (χ2n) is 5.05. The van der Waals surface area contributed by atoms with Crippen LogP contribution in [0.5, 0.6) is 0 Å². The second-order valence-corrected chi connectivity index (χ2v) is 5.05. The van der Waals surface area contributed by atoms with Crippen molar-refractivity contribution < 1.29 is 9.53 Å². The number of ether oxygens (including phenoxy) is 1. The summed E-state index contributed by atoms with van der Waals surface area (Å²) in [5.74, 6) is 0.492. The molecule has 17 heavy (non-hydrogen) atoms. The van der Waals surface area contributed by atoms with Gasteiger partial charge in [0.2, 0.25) is 0 Å². The first kappa shape index (κ1) is 10.6. The van der Waals surface area contributed by atoms with Gasteiger partial charge in [0.25, 0.3) is 0 Å². The summed E-state index contributed by atoms with van der Waals surface area (Å²) < 4.78 is 5.26. The first-order chi connectivity index (χ1) is 8.17. The van der Waals surface area contributed by atoms with Crippen molar-refractivity contribution in [3.05, 3.63) is 35.9 Å². The SMILES string of the molecule is N[C@@]12C[C@H]1CN(C(=O)OCc1ccccc1)C2. The van der Waals surface area contributed by atoms with Gasteiger partial charge in [0.1, 0.15) is 6.61 Å². The molecule has 0 aromatic heterocycles. The molecular formula is C13H16N2O2. The quantitative estimate of drug-likeness (QED) is 0.837. The highest BCUT2D eigenvalue weighted by Gasteiger charge is 2.58. The molecule has 2 atom stereocenters. The molecule has 1 heterocycles. The Bertz CT molecular complexity index is 434. The molecule has 4 heteroatoms. The maximum Gasteiger partial charge on any atom is 0.410 e. The van der Waals surface area contributed by atoms with Crippen molar-refractivity contribution in [1.82, 2.24) is 4.90 Å². The van der Waals surface area contributed by atoms with Gasteiger partial charge in [0.15, 0.2) is 0 Å². The Labute approximate surface area is 100 Å². The zero-order chi connectivity index (χ0) is 11.9. The molecule has 2 aliphatic rings. The molecule has 1 aliphatic heterocycles. The molecule has 1 amide bonds. The van der Waals surface area contributed by atoms with E-state index in [-0.39, 0.29) is 11.6 Å². The predicted molar refractivity (Wildman–Crippen MR) is 63.2 cm³/mol. The van der Waals surface area contributed by atoms with Crippen molar-refractivity contribution in [2.45, 2.75) is 18.6 Å². The Balaban J connectivity index is 1.51. The molecule has 0 unspecified atom stereocenters. The van der Waals surface area contributed by atoms with Gasteiger partial charge in [-0.25, -0.2) is 4.79 Å². The van der Waals surface area contributed by atoms with Crippen molar-refractivity contribution in [2.75, 3.05) is 13.1 Å². The van der Waals surface area contributed by atoms with E-state index in [1.54, 1.807) is 4.90 Å². The van der Waals surface area contributed by atoms with Crippen LogP contribution >= 0.6 is 0 Å². The Morgan fingerprint density at radius 2 is 2.24 bits per heavy atom. The molecule has 1 aliphatic carbocycles. The van der Waals surface area contributed by atoms with Crippen LogP contribution in [0.2, 0.25) is 0 Å². The average molecular weight is 232 g/mol. The molecular weight excluding hydrogens is 216 g/mol. The monoisotopic (exact) mass is 232 g/mol. The Morgan fingerprint density at radius 3 is 2.88 bits per heavy atom. The normalized spacial score (nSPS) is 29.9. The van der Waals surface area contributed by atoms with E-state index in [0.717, 1.165) is 18.5 Å². The highest BCUT2D eigenvalue weighted by molar-refractivity contribution is 5.69. The molecule has 0 bridgehead atoms. The number of nitrogens with two attached hydrogens (primary N) is 1. The average Bonchev–Trinajstić information content (AvgIpc) is 2.86. The number of rotatable bonds is 2. The number of carbonyl (C=O) groups excluding carboxylic acids is 1. The molecule has 1 saturated carbocycles. The molecule has 90 valence electrons. The summed E-state index contributed by atoms with van der Waals surface area (Å²) in [5.41, 5.74) is 6.94. The van der Waals surface area contributed by atoms with E-state index in [4.69, 9.17) is 10.5 Å². The van der Waals surface area contributed by atoms with Crippen LogP contribution in [0.1, 0.15) is 12.0 Å². The van der Waals surface area contributed by atoms with Crippen LogP contribution < -0.4 is 5.73 Å². The maximum absolute atomic E-state index is 11.8. The van der Waals surface area contributed by atoms with Crippen molar-refractivity contribution in [2.24, 2.45) is 11.7 Å². The number of nitrogens with zero attached hydrogens (tertiary/aromatic N) is 1. The van der Waals surface area contributed by atoms with Crippen molar-refractivity contribution in [3.63, 3.8) is 0 Å². The summed E-state index contributed by atoms with van der Waals surface area (Å²) in [4.78, 5) is 13.5. The second kappa shape index (κ2) is 3.74. The highest BCUT2D eigenvalue weighted by Crippen LogP contribution is 2.47. The molecule has 1 aromatic carbocycles. The minimum Gasteiger partial charge on any atom is -0.445 e. The van der Waals surface area contributed by atoms with Gasteiger partial charge in [0.05, 0.1) is 0 Å². The van der Waals surface area contributed by atoms with E-state index in [2.05, 4.69) is 0 Å². The number of hydrogen-bond acceptors (Lipinski definition) is 3. The van der Waals surface area contributed by atoms with Gasteiger partial charge in [-0.05, 0) is 17.9 Å². The summed E-state index contributed by atoms with van der Waals surface area (Å²) >= 11 is 0. The third-order valence-corrected chi connectivity index (χ3v) is 3.67. The van der Waals surface area contributed by atoms with E-state index in [0.29, 0.717) is 19.1 Å². The first-order valence-electron chi connectivity index (χ1n) is 5.92. The van der Waals surface area contributed by atoms with Crippen LogP contribution in [0.4, 0.5) is 4.79 Å². The van der Waals surface area contributed by atoms with E-state index < -0.39 is 0 Å². The highest BCUT2D eigenvalue weighted by atomic mass is 16.6. The number of amides is 1. The largest absolute Gasteiger partial charge is 0.445 e. The molecule has 2 fully saturated rings. The van der Waals surface area contributed by atoms with Crippen molar-refractivity contribution >= 4 is 6.09 Å². The third-order valence-electron chi connectivity index (χ3n) is 3.67. The first-order valence-corrected chi connectivity index (χ1v) is 5.92. The number of hydrogen-bond donors (Lipinski definition) is 1. The summed E-state index contributed by atoms with van der Waals surface area (Å²) in [7, 11) is 0. The molecule has 0 radical (unpaired) electrons. The zero-order valence-corrected chi connectivity index (χ0v) is 9.63. The van der Waals surface area contributed by atoms with E-state index in [1.165, 1.54) is 0 Å². The lowest BCUT2D eigenvalue weighted by atomic mass is 10.2. The lowest BCUT2D eigenvalue weighted by Gasteiger charge is -2.18. The van der Waals surface area contributed by atoms with Gasteiger partial charge in [-0.15, -0.1) is 0 Å². The summed E-state index contributed by atoms with van der Waals surface area (Å²) in [6, 6.07) is 9.70. The van der Waals surface area contributed by atoms with Gasteiger partial charge in [0, 0.05) is 18.6 Å². The molecule has 1 aromatic rings. The Hall–Kier alpha value is -1.55. The minimum absolute atomic E-state index is 0.105. The Kier molecular flexibility index (Phi) is 2.33. The smallest absolute Gasteiger partial charge is 0.410 e. The van der Waals surface area contributed by atoms with Gasteiger partial charge < -0.3 is 15.4 Å². The predicted octanol–water partition coefficient (Wildman–Crippen LogP) is 1.36. The summed E-state index contributed by atoms with van der Waals surface area (Å²) in [6.07, 6.45) is 0.806. The number of fused-ring (bicyclic) bond motifs is 1. The molecule has 2 N–H and O–H groups in total. The van der Waals surface area contributed by atoms with Gasteiger partial charge in [-0.3, -0.25) is 0 Å². The Morgan fingerprint density at radius 1 is 1.47 bits per heavy atom. The minimum atomic E-state index is -0.245. The number of carbonyl (C=O) groups is 1. The van der Waals surface area contributed by atoms with Crippen molar-refractivity contribution in [1.29, 1.82) is 0 Å². The number of piperidine rings is 1. The fourth-order valence-corrected chi connectivity index (χ4v) is 2.48. The lowest BCUT2D eigenvalue weighted by Crippen LogP contribution is -2.37. The van der Waals surface area contributed by atoms with Crippen molar-refractivity contribution in [3.8, 4) is 0 Å². The standard InChI is InChI=1S/C13H16N2O2/c14-13-6-11(13)7-15(9-13)12(16)17-8-10-4-2-1-3-5-10/h1-5,11H,6-9,14H2/t11-,13+/m0/s1. The fourth-order valence-electron chi connectivity index (χ4n) is 2.48. The van der Waals surface area contributed by atoms with Crippen LogP contribution in [0.15, 0.2) is 30.3 Å². The van der Waals surface area contributed by atoms with Crippen LogP contribution in [-0.4, -0.2) is 29.6 Å². The molecule has 1 saturated heterocycles.